The van der Waals surface area contributed by atoms with Crippen LogP contribution in [0.5, 0.6) is 0 Å². The average Bonchev–Trinajstić information content (AvgIpc) is 2.38. The van der Waals surface area contributed by atoms with Crippen LogP contribution in [0, 0.1) is 0 Å². The van der Waals surface area contributed by atoms with E-state index in [1.165, 1.54) is 16.7 Å². The molecule has 3 N–H and O–H groups in total. The van der Waals surface area contributed by atoms with E-state index >= 15 is 0 Å². The quantitative estimate of drug-likeness (QED) is 0.656. The zero-order valence-electron chi connectivity index (χ0n) is 11.5. The lowest BCUT2D eigenvalue weighted by molar-refractivity contribution is -0.135. The van der Waals surface area contributed by atoms with Gasteiger partial charge in [-0.3, -0.25) is 0 Å². The second kappa shape index (κ2) is 9.05. The number of aliphatic carboxylic acids is 1. The molecule has 0 saturated heterocycles. The van der Waals surface area contributed by atoms with Crippen molar-refractivity contribution in [1.29, 1.82) is 0 Å². The maximum atomic E-state index is 9.44. The number of carboxylic acids is 1. The van der Waals surface area contributed by atoms with Crippen LogP contribution in [-0.2, 0) is 24.1 Å². The Bertz CT molecular complexity index is 420. The van der Waals surface area contributed by atoms with Gasteiger partial charge in [-0.05, 0) is 42.0 Å². The number of carbonyl (C=O) groups is 1. The van der Waals surface area contributed by atoms with E-state index in [4.69, 9.17) is 34.0 Å². The molecular weight excluding hydrogens is 285 g/mol. The Morgan fingerprint density at radius 3 is 1.95 bits per heavy atom. The zero-order chi connectivity index (χ0) is 15.0. The SMILES string of the molecule is CCc1ccc(N)c(CC)c1CC.O=C(O)C(Cl)Cl. The summed E-state index contributed by atoms with van der Waals surface area (Å²) in [4.78, 5) is 8.15. The lowest BCUT2D eigenvalue weighted by atomic mass is 9.94. The van der Waals surface area contributed by atoms with Crippen molar-refractivity contribution in [2.45, 2.75) is 44.9 Å². The molecule has 0 aliphatic carbocycles. The van der Waals surface area contributed by atoms with E-state index in [1.807, 2.05) is 6.07 Å². The fourth-order valence-electron chi connectivity index (χ4n) is 1.95. The highest BCUT2D eigenvalue weighted by Crippen LogP contribution is 2.22. The molecule has 1 aromatic carbocycles. The summed E-state index contributed by atoms with van der Waals surface area (Å²) in [5.41, 5.74) is 11.2. The number of hydrogen-bond acceptors (Lipinski definition) is 2. The molecule has 0 fully saturated rings. The highest BCUT2D eigenvalue weighted by Gasteiger charge is 2.07. The molecule has 0 aromatic heterocycles. The first-order chi connectivity index (χ1) is 8.88. The topological polar surface area (TPSA) is 63.3 Å². The van der Waals surface area contributed by atoms with Gasteiger partial charge in [0.1, 0.15) is 0 Å². The maximum Gasteiger partial charge on any atom is 0.337 e. The van der Waals surface area contributed by atoms with Gasteiger partial charge in [0.25, 0.3) is 0 Å². The summed E-state index contributed by atoms with van der Waals surface area (Å²) < 4.78 is 0. The van der Waals surface area contributed by atoms with Crippen LogP contribution in [0.4, 0.5) is 5.69 Å². The molecule has 19 heavy (non-hydrogen) atoms. The first kappa shape index (κ1) is 18.1. The van der Waals surface area contributed by atoms with Crippen molar-refractivity contribution in [2.75, 3.05) is 5.73 Å². The number of nitrogens with two attached hydrogens (primary N) is 1. The number of carboxylic acid groups (broad SMARTS) is 1. The fraction of sp³-hybridized carbons (Fsp3) is 0.500. The molecule has 0 spiro atoms. The smallest absolute Gasteiger partial charge is 0.337 e. The lowest BCUT2D eigenvalue weighted by Gasteiger charge is -2.13. The zero-order valence-corrected chi connectivity index (χ0v) is 13.1. The van der Waals surface area contributed by atoms with Crippen molar-refractivity contribution >= 4 is 34.9 Å². The number of rotatable bonds is 4. The molecule has 0 saturated carbocycles. The van der Waals surface area contributed by atoms with Crippen molar-refractivity contribution < 1.29 is 9.90 Å². The molecule has 0 radical (unpaired) electrons. The van der Waals surface area contributed by atoms with Crippen LogP contribution in [0.15, 0.2) is 12.1 Å². The van der Waals surface area contributed by atoms with Crippen molar-refractivity contribution in [3.05, 3.63) is 28.8 Å². The lowest BCUT2D eigenvalue weighted by Crippen LogP contribution is -2.03. The summed E-state index contributed by atoms with van der Waals surface area (Å²) in [7, 11) is 0. The van der Waals surface area contributed by atoms with Gasteiger partial charge < -0.3 is 10.8 Å². The Balaban J connectivity index is 0.000000459. The molecule has 1 aromatic rings. The predicted molar refractivity (Wildman–Crippen MR) is 82.1 cm³/mol. The summed E-state index contributed by atoms with van der Waals surface area (Å²) in [5, 5.41) is 7.73. The van der Waals surface area contributed by atoms with Gasteiger partial charge in [0.2, 0.25) is 4.84 Å². The third-order valence-corrected chi connectivity index (χ3v) is 3.21. The van der Waals surface area contributed by atoms with Gasteiger partial charge in [0.05, 0.1) is 0 Å². The van der Waals surface area contributed by atoms with Gasteiger partial charge in [0, 0.05) is 5.69 Å². The summed E-state index contributed by atoms with van der Waals surface area (Å²) in [5.74, 6) is -1.21. The largest absolute Gasteiger partial charge is 0.479 e. The number of nitrogen functional groups attached to an aromatic ring is 1. The molecule has 108 valence electrons. The second-order valence-electron chi connectivity index (χ2n) is 3.97. The van der Waals surface area contributed by atoms with Crippen molar-refractivity contribution in [3.8, 4) is 0 Å². The minimum Gasteiger partial charge on any atom is -0.479 e. The molecule has 0 amide bonds. The number of halogens is 2. The van der Waals surface area contributed by atoms with Crippen LogP contribution >= 0.6 is 23.2 Å². The minimum atomic E-state index is -1.29. The van der Waals surface area contributed by atoms with E-state index < -0.39 is 10.8 Å². The van der Waals surface area contributed by atoms with E-state index in [2.05, 4.69) is 26.8 Å². The number of anilines is 1. The predicted octanol–water partition coefficient (Wildman–Crippen LogP) is 3.83. The molecule has 0 heterocycles. The Morgan fingerprint density at radius 2 is 1.63 bits per heavy atom. The van der Waals surface area contributed by atoms with Crippen LogP contribution in [-0.4, -0.2) is 15.9 Å². The van der Waals surface area contributed by atoms with Crippen LogP contribution < -0.4 is 5.73 Å². The summed E-state index contributed by atoms with van der Waals surface area (Å²) in [6, 6.07) is 4.20. The number of aryl methyl sites for hydroxylation is 1. The minimum absolute atomic E-state index is 0.955. The van der Waals surface area contributed by atoms with E-state index in [9.17, 15) is 4.79 Å². The van der Waals surface area contributed by atoms with Crippen LogP contribution in [0.1, 0.15) is 37.5 Å². The van der Waals surface area contributed by atoms with E-state index in [0.717, 1.165) is 24.9 Å². The summed E-state index contributed by atoms with van der Waals surface area (Å²) in [6.07, 6.45) is 3.25. The molecule has 0 aliphatic heterocycles. The monoisotopic (exact) mass is 305 g/mol. The van der Waals surface area contributed by atoms with E-state index in [1.54, 1.807) is 0 Å². The van der Waals surface area contributed by atoms with Gasteiger partial charge in [0.15, 0.2) is 0 Å². The standard InChI is InChI=1S/C12H19N.C2H2Cl2O2/c1-4-9-7-8-12(13)11(6-3)10(9)5-2;3-1(4)2(5)6/h7-8H,4-6,13H2,1-3H3;1H,(H,5,6). The average molecular weight is 306 g/mol. The van der Waals surface area contributed by atoms with Crippen LogP contribution in [0.3, 0.4) is 0 Å². The molecule has 3 nitrogen and oxygen atoms in total. The first-order valence-corrected chi connectivity index (χ1v) is 7.16. The number of hydrogen-bond donors (Lipinski definition) is 2. The second-order valence-corrected chi connectivity index (χ2v) is 5.07. The Morgan fingerprint density at radius 1 is 1.16 bits per heavy atom. The summed E-state index contributed by atoms with van der Waals surface area (Å²) in [6.45, 7) is 6.57. The third-order valence-electron chi connectivity index (χ3n) is 2.84. The van der Waals surface area contributed by atoms with E-state index in [0.29, 0.717) is 0 Å². The van der Waals surface area contributed by atoms with Gasteiger partial charge in [-0.1, -0.05) is 50.0 Å². The molecule has 1 rings (SSSR count). The van der Waals surface area contributed by atoms with E-state index in [-0.39, 0.29) is 0 Å². The molecular formula is C14H21Cl2NO2. The van der Waals surface area contributed by atoms with Gasteiger partial charge >= 0.3 is 5.97 Å². The maximum absolute atomic E-state index is 9.44. The molecule has 0 atom stereocenters. The Hall–Kier alpha value is -0.930. The number of alkyl halides is 2. The Kier molecular flexibility index (Phi) is 8.61. The van der Waals surface area contributed by atoms with Crippen molar-refractivity contribution in [1.82, 2.24) is 0 Å². The third kappa shape index (κ3) is 5.70. The normalized spacial score (nSPS) is 10.0. The van der Waals surface area contributed by atoms with Gasteiger partial charge in [-0.15, -0.1) is 0 Å². The first-order valence-electron chi connectivity index (χ1n) is 6.28. The van der Waals surface area contributed by atoms with Crippen molar-refractivity contribution in [3.63, 3.8) is 0 Å². The molecule has 5 heteroatoms. The highest BCUT2D eigenvalue weighted by molar-refractivity contribution is 6.52. The highest BCUT2D eigenvalue weighted by atomic mass is 35.5. The number of benzene rings is 1. The molecule has 0 aliphatic rings. The Labute approximate surface area is 124 Å². The van der Waals surface area contributed by atoms with Crippen LogP contribution in [0.2, 0.25) is 0 Å². The molecule has 0 unspecified atom stereocenters. The summed E-state index contributed by atoms with van der Waals surface area (Å²) >= 11 is 9.56. The van der Waals surface area contributed by atoms with Crippen molar-refractivity contribution in [2.24, 2.45) is 0 Å². The van der Waals surface area contributed by atoms with Gasteiger partial charge in [-0.2, -0.15) is 0 Å². The molecule has 0 bridgehead atoms. The van der Waals surface area contributed by atoms with Crippen LogP contribution in [0.25, 0.3) is 0 Å². The van der Waals surface area contributed by atoms with Gasteiger partial charge in [-0.25, -0.2) is 4.79 Å². The fourth-order valence-corrected chi connectivity index (χ4v) is 1.95.